The van der Waals surface area contributed by atoms with Gasteiger partial charge in [0.15, 0.2) is 0 Å². The molecular formula is C27H24FN3O4S. The van der Waals surface area contributed by atoms with Gasteiger partial charge in [0.2, 0.25) is 11.8 Å². The smallest absolute Gasteiger partial charge is 0.304 e. The number of aliphatic carboxylic acids is 1. The van der Waals surface area contributed by atoms with Gasteiger partial charge < -0.3 is 15.2 Å². The molecule has 2 heterocycles. The number of thiazole rings is 1. The van der Waals surface area contributed by atoms with E-state index in [-0.39, 0.29) is 18.9 Å². The monoisotopic (exact) mass is 505 g/mol. The van der Waals surface area contributed by atoms with Crippen molar-refractivity contribution in [3.8, 4) is 28.3 Å². The molecule has 0 spiro atoms. The molecule has 9 heteroatoms. The minimum atomic E-state index is -1.03. The second-order valence-corrected chi connectivity index (χ2v) is 9.05. The van der Waals surface area contributed by atoms with Gasteiger partial charge in [0, 0.05) is 28.8 Å². The number of carbonyl (C=O) groups is 2. The van der Waals surface area contributed by atoms with Gasteiger partial charge in [-0.1, -0.05) is 36.4 Å². The number of ether oxygens (including phenoxy) is 1. The molecule has 1 atom stereocenters. The number of halogens is 1. The summed E-state index contributed by atoms with van der Waals surface area (Å²) in [6, 6.07) is 17.3. The van der Waals surface area contributed by atoms with Crippen LogP contribution in [-0.2, 0) is 22.6 Å². The summed E-state index contributed by atoms with van der Waals surface area (Å²) in [5, 5.41) is 14.5. The Hall–Kier alpha value is -4.11. The fraction of sp³-hybridized carbons (Fsp3) is 0.185. The zero-order chi connectivity index (χ0) is 25.5. The molecule has 36 heavy (non-hydrogen) atoms. The maximum atomic E-state index is 14.1. The van der Waals surface area contributed by atoms with E-state index in [1.165, 1.54) is 30.6 Å². The zero-order valence-corrected chi connectivity index (χ0v) is 20.3. The van der Waals surface area contributed by atoms with E-state index in [1.54, 1.807) is 23.7 Å². The third kappa shape index (κ3) is 6.31. The van der Waals surface area contributed by atoms with Gasteiger partial charge in [0.25, 0.3) is 0 Å². The van der Waals surface area contributed by atoms with Crippen molar-refractivity contribution in [2.45, 2.75) is 19.4 Å². The van der Waals surface area contributed by atoms with Crippen LogP contribution in [-0.4, -0.2) is 34.1 Å². The first kappa shape index (κ1) is 25.0. The van der Waals surface area contributed by atoms with E-state index in [1.807, 2.05) is 36.4 Å². The molecule has 1 amide bonds. The fourth-order valence-corrected chi connectivity index (χ4v) is 4.56. The second kappa shape index (κ2) is 11.5. The van der Waals surface area contributed by atoms with Gasteiger partial charge in [-0.3, -0.25) is 9.59 Å². The highest BCUT2D eigenvalue weighted by Crippen LogP contribution is 2.33. The lowest BCUT2D eigenvalue weighted by atomic mass is 9.95. The average molecular weight is 506 g/mol. The van der Waals surface area contributed by atoms with Crippen molar-refractivity contribution in [3.63, 3.8) is 0 Å². The first-order valence-corrected chi connectivity index (χ1v) is 12.1. The quantitative estimate of drug-likeness (QED) is 0.316. The summed E-state index contributed by atoms with van der Waals surface area (Å²) >= 11 is 1.33. The molecule has 0 saturated heterocycles. The highest BCUT2D eigenvalue weighted by molar-refractivity contribution is 7.09. The number of hydrogen-bond acceptors (Lipinski definition) is 6. The SMILES string of the molecule is COc1ccc(-c2ccc(F)cc2-c2csc(CNC(=O)[C@@H](CC(=O)O)Cc3ccccc3)n2)cn1. The summed E-state index contributed by atoms with van der Waals surface area (Å²) in [6.07, 6.45) is 1.70. The minimum Gasteiger partial charge on any atom is -0.481 e. The van der Waals surface area contributed by atoms with Crippen LogP contribution < -0.4 is 10.1 Å². The Kier molecular flexibility index (Phi) is 8.02. The number of carboxylic acids is 1. The van der Waals surface area contributed by atoms with Crippen molar-refractivity contribution in [1.29, 1.82) is 0 Å². The van der Waals surface area contributed by atoms with Crippen LogP contribution in [0.3, 0.4) is 0 Å². The van der Waals surface area contributed by atoms with Gasteiger partial charge in [0.1, 0.15) is 10.8 Å². The molecule has 0 bridgehead atoms. The van der Waals surface area contributed by atoms with Crippen LogP contribution in [0.25, 0.3) is 22.4 Å². The lowest BCUT2D eigenvalue weighted by Crippen LogP contribution is -2.33. The number of pyridine rings is 1. The maximum absolute atomic E-state index is 14.1. The van der Waals surface area contributed by atoms with Crippen molar-refractivity contribution in [1.82, 2.24) is 15.3 Å². The minimum absolute atomic E-state index is 0.142. The van der Waals surface area contributed by atoms with Crippen molar-refractivity contribution in [2.75, 3.05) is 7.11 Å². The summed E-state index contributed by atoms with van der Waals surface area (Å²) in [4.78, 5) is 32.9. The predicted molar refractivity (Wildman–Crippen MR) is 135 cm³/mol. The van der Waals surface area contributed by atoms with Crippen LogP contribution in [0.5, 0.6) is 5.88 Å². The third-order valence-corrected chi connectivity index (χ3v) is 6.45. The number of amides is 1. The number of nitrogens with zero attached hydrogens (tertiary/aromatic N) is 2. The molecule has 184 valence electrons. The molecule has 0 fully saturated rings. The molecule has 4 rings (SSSR count). The van der Waals surface area contributed by atoms with Crippen molar-refractivity contribution in [3.05, 3.63) is 88.6 Å². The van der Waals surface area contributed by atoms with Gasteiger partial charge in [-0.15, -0.1) is 11.3 Å². The number of hydrogen-bond donors (Lipinski definition) is 2. The molecule has 2 aromatic heterocycles. The highest BCUT2D eigenvalue weighted by Gasteiger charge is 2.22. The molecule has 0 unspecified atom stereocenters. The summed E-state index contributed by atoms with van der Waals surface area (Å²) in [7, 11) is 1.53. The summed E-state index contributed by atoms with van der Waals surface area (Å²) in [6.45, 7) is 0.142. The molecule has 0 aliphatic carbocycles. The lowest BCUT2D eigenvalue weighted by molar-refractivity contribution is -0.141. The van der Waals surface area contributed by atoms with E-state index >= 15 is 0 Å². The molecule has 7 nitrogen and oxygen atoms in total. The predicted octanol–water partition coefficient (Wildman–Crippen LogP) is 4.97. The van der Waals surface area contributed by atoms with Gasteiger partial charge in [-0.2, -0.15) is 0 Å². The van der Waals surface area contributed by atoms with Crippen molar-refractivity contribution in [2.24, 2.45) is 5.92 Å². The van der Waals surface area contributed by atoms with Crippen LogP contribution >= 0.6 is 11.3 Å². The lowest BCUT2D eigenvalue weighted by Gasteiger charge is -2.14. The molecular weight excluding hydrogens is 481 g/mol. The standard InChI is InChI=1S/C27H24FN3O4S/c1-35-24-10-7-18(14-29-24)21-9-8-20(28)13-22(21)23-16-36-25(31-23)15-30-27(34)19(12-26(32)33)11-17-5-3-2-4-6-17/h2-10,13-14,16,19H,11-12,15H2,1H3,(H,30,34)(H,32,33)/t19-/m1/s1. The highest BCUT2D eigenvalue weighted by atomic mass is 32.1. The number of rotatable bonds is 10. The van der Waals surface area contributed by atoms with Gasteiger partial charge in [-0.25, -0.2) is 14.4 Å². The fourth-order valence-electron chi connectivity index (χ4n) is 3.83. The van der Waals surface area contributed by atoms with Gasteiger partial charge in [-0.05, 0) is 35.7 Å². The molecule has 0 radical (unpaired) electrons. The summed E-state index contributed by atoms with van der Waals surface area (Å²) in [5.74, 6) is -2.01. The molecule has 2 N–H and O–H groups in total. The van der Waals surface area contributed by atoms with E-state index in [9.17, 15) is 19.1 Å². The maximum Gasteiger partial charge on any atom is 0.304 e. The van der Waals surface area contributed by atoms with E-state index in [4.69, 9.17) is 4.74 Å². The van der Waals surface area contributed by atoms with Crippen LogP contribution in [0, 0.1) is 11.7 Å². The van der Waals surface area contributed by atoms with Crippen LogP contribution in [0.4, 0.5) is 4.39 Å². The molecule has 4 aromatic rings. The Bertz CT molecular complexity index is 1340. The number of carboxylic acid groups (broad SMARTS) is 1. The molecule has 0 saturated carbocycles. The number of nitrogens with one attached hydrogen (secondary N) is 1. The van der Waals surface area contributed by atoms with Crippen LogP contribution in [0.15, 0.2) is 72.2 Å². The largest absolute Gasteiger partial charge is 0.481 e. The van der Waals surface area contributed by atoms with Gasteiger partial charge in [0.05, 0.1) is 31.7 Å². The topological polar surface area (TPSA) is 101 Å². The van der Waals surface area contributed by atoms with E-state index < -0.39 is 17.7 Å². The Balaban J connectivity index is 1.49. The summed E-state index contributed by atoms with van der Waals surface area (Å²) in [5.41, 5.74) is 3.61. The summed E-state index contributed by atoms with van der Waals surface area (Å²) < 4.78 is 19.2. The third-order valence-electron chi connectivity index (χ3n) is 5.60. The Morgan fingerprint density at radius 2 is 1.92 bits per heavy atom. The molecule has 0 aliphatic heterocycles. The second-order valence-electron chi connectivity index (χ2n) is 8.11. The average Bonchev–Trinajstić information content (AvgIpc) is 3.36. The number of methoxy groups -OCH3 is 1. The zero-order valence-electron chi connectivity index (χ0n) is 19.5. The molecule has 2 aromatic carbocycles. The van der Waals surface area contributed by atoms with E-state index in [2.05, 4.69) is 15.3 Å². The molecule has 0 aliphatic rings. The van der Waals surface area contributed by atoms with Gasteiger partial charge >= 0.3 is 5.97 Å². The number of benzene rings is 2. The normalized spacial score (nSPS) is 11.6. The first-order valence-electron chi connectivity index (χ1n) is 11.2. The Morgan fingerprint density at radius 3 is 2.61 bits per heavy atom. The van der Waals surface area contributed by atoms with Crippen LogP contribution in [0.1, 0.15) is 17.0 Å². The van der Waals surface area contributed by atoms with E-state index in [0.29, 0.717) is 28.6 Å². The number of aromatic nitrogens is 2. The Labute approximate surface area is 211 Å². The number of carbonyl (C=O) groups excluding carboxylic acids is 1. The van der Waals surface area contributed by atoms with Crippen molar-refractivity contribution >= 4 is 23.2 Å². The van der Waals surface area contributed by atoms with Crippen molar-refractivity contribution < 1.29 is 23.8 Å². The van der Waals surface area contributed by atoms with Crippen LogP contribution in [0.2, 0.25) is 0 Å². The Morgan fingerprint density at radius 1 is 1.11 bits per heavy atom. The van der Waals surface area contributed by atoms with E-state index in [0.717, 1.165) is 16.7 Å². The first-order chi connectivity index (χ1) is 17.4.